The number of hydrogen-bond acceptors (Lipinski definition) is 1. The first-order valence-corrected chi connectivity index (χ1v) is 8.39. The normalized spacial score (nSPS) is 13.7. The summed E-state index contributed by atoms with van der Waals surface area (Å²) in [4.78, 5) is 0. The lowest BCUT2D eigenvalue weighted by molar-refractivity contribution is 0.250. The zero-order valence-corrected chi connectivity index (χ0v) is 14.1. The number of likely N-dealkylation sites (N-methyl/N-ethyl adjacent to an activating group) is 1. The van der Waals surface area contributed by atoms with Crippen LogP contribution in [-0.2, 0) is 5.41 Å². The van der Waals surface area contributed by atoms with E-state index in [-0.39, 0.29) is 5.41 Å². The lowest BCUT2D eigenvalue weighted by Crippen LogP contribution is -2.48. The van der Waals surface area contributed by atoms with Crippen LogP contribution in [0.3, 0.4) is 0 Å². The molecule has 20 heavy (non-hydrogen) atoms. The van der Waals surface area contributed by atoms with E-state index in [0.717, 1.165) is 12.5 Å². The van der Waals surface area contributed by atoms with Gasteiger partial charge in [-0.05, 0) is 43.7 Å². The van der Waals surface area contributed by atoms with Gasteiger partial charge < -0.3 is 5.32 Å². The van der Waals surface area contributed by atoms with Crippen LogP contribution in [0.1, 0.15) is 65.9 Å². The third kappa shape index (κ3) is 4.09. The van der Waals surface area contributed by atoms with Crippen molar-refractivity contribution in [2.45, 2.75) is 71.8 Å². The van der Waals surface area contributed by atoms with Crippen LogP contribution >= 0.6 is 0 Å². The minimum Gasteiger partial charge on any atom is -0.313 e. The lowest BCUT2D eigenvalue weighted by atomic mass is 9.68. The van der Waals surface area contributed by atoms with Crippen LogP contribution in [0.2, 0.25) is 0 Å². The van der Waals surface area contributed by atoms with Gasteiger partial charge in [-0.3, -0.25) is 0 Å². The highest BCUT2D eigenvalue weighted by molar-refractivity contribution is 5.27. The van der Waals surface area contributed by atoms with E-state index < -0.39 is 0 Å². The molecule has 1 atom stereocenters. The van der Waals surface area contributed by atoms with E-state index in [0.29, 0.717) is 6.04 Å². The van der Waals surface area contributed by atoms with Crippen molar-refractivity contribution >= 4 is 0 Å². The molecule has 1 unspecified atom stereocenters. The van der Waals surface area contributed by atoms with Crippen LogP contribution in [0.25, 0.3) is 0 Å². The van der Waals surface area contributed by atoms with Crippen molar-refractivity contribution in [1.29, 1.82) is 0 Å². The van der Waals surface area contributed by atoms with Gasteiger partial charge in [0, 0.05) is 11.5 Å². The van der Waals surface area contributed by atoms with Gasteiger partial charge in [0.25, 0.3) is 0 Å². The van der Waals surface area contributed by atoms with E-state index in [9.17, 15) is 0 Å². The van der Waals surface area contributed by atoms with Crippen LogP contribution in [0, 0.1) is 5.92 Å². The quantitative estimate of drug-likeness (QED) is 0.656. The molecule has 0 aliphatic heterocycles. The van der Waals surface area contributed by atoms with E-state index in [1.165, 1.54) is 31.2 Å². The third-order valence-corrected chi connectivity index (χ3v) is 4.76. The fraction of sp³-hybridized carbons (Fsp3) is 0.684. The second kappa shape index (κ2) is 8.46. The lowest BCUT2D eigenvalue weighted by Gasteiger charge is -2.41. The van der Waals surface area contributed by atoms with E-state index >= 15 is 0 Å². The largest absolute Gasteiger partial charge is 0.313 e. The molecule has 0 spiro atoms. The van der Waals surface area contributed by atoms with Crippen LogP contribution < -0.4 is 5.32 Å². The molecule has 0 aliphatic rings. The van der Waals surface area contributed by atoms with Crippen LogP contribution in [0.5, 0.6) is 0 Å². The first kappa shape index (κ1) is 17.2. The Morgan fingerprint density at radius 1 is 0.950 bits per heavy atom. The summed E-state index contributed by atoms with van der Waals surface area (Å²) in [7, 11) is 0. The Kier molecular flexibility index (Phi) is 7.29. The Hall–Kier alpha value is -0.820. The Morgan fingerprint density at radius 3 is 2.00 bits per heavy atom. The highest BCUT2D eigenvalue weighted by Crippen LogP contribution is 2.37. The average molecular weight is 275 g/mol. The summed E-state index contributed by atoms with van der Waals surface area (Å²) in [6.45, 7) is 12.6. The highest BCUT2D eigenvalue weighted by atomic mass is 14.9. The number of benzene rings is 1. The zero-order valence-electron chi connectivity index (χ0n) is 14.1. The minimum atomic E-state index is 0.270. The molecular weight excluding hydrogens is 242 g/mol. The molecule has 1 aromatic carbocycles. The summed E-state index contributed by atoms with van der Waals surface area (Å²) in [5.74, 6) is 0.776. The van der Waals surface area contributed by atoms with Crippen molar-refractivity contribution in [3.05, 3.63) is 35.9 Å². The van der Waals surface area contributed by atoms with Gasteiger partial charge in [0.1, 0.15) is 0 Å². The summed E-state index contributed by atoms with van der Waals surface area (Å²) in [5.41, 5.74) is 1.77. The van der Waals surface area contributed by atoms with Gasteiger partial charge in [-0.25, -0.2) is 0 Å². The molecule has 0 heterocycles. The van der Waals surface area contributed by atoms with Crippen molar-refractivity contribution in [3.63, 3.8) is 0 Å². The SMILES string of the molecule is CCNC(CCC(C)C)C(CC)(CC)c1ccccc1. The summed E-state index contributed by atoms with van der Waals surface area (Å²) in [5, 5.41) is 3.78. The molecule has 114 valence electrons. The number of nitrogens with one attached hydrogen (secondary N) is 1. The van der Waals surface area contributed by atoms with E-state index in [1.54, 1.807) is 0 Å². The second-order valence-corrected chi connectivity index (χ2v) is 6.31. The minimum absolute atomic E-state index is 0.270. The highest BCUT2D eigenvalue weighted by Gasteiger charge is 2.36. The van der Waals surface area contributed by atoms with Gasteiger partial charge >= 0.3 is 0 Å². The van der Waals surface area contributed by atoms with Crippen molar-refractivity contribution in [2.75, 3.05) is 6.54 Å². The third-order valence-electron chi connectivity index (χ3n) is 4.76. The Balaban J connectivity index is 3.05. The predicted molar refractivity (Wildman–Crippen MR) is 90.2 cm³/mol. The van der Waals surface area contributed by atoms with Crippen molar-refractivity contribution in [1.82, 2.24) is 5.32 Å². The molecule has 1 aromatic rings. The van der Waals surface area contributed by atoms with Gasteiger partial charge in [-0.15, -0.1) is 0 Å². The standard InChI is InChI=1S/C19H33N/c1-6-19(7-2,17-12-10-9-11-13-17)18(20-8-3)15-14-16(4)5/h9-13,16,18,20H,6-8,14-15H2,1-5H3. The maximum Gasteiger partial charge on any atom is 0.0164 e. The first-order chi connectivity index (χ1) is 9.60. The van der Waals surface area contributed by atoms with E-state index in [2.05, 4.69) is 70.3 Å². The molecule has 1 nitrogen and oxygen atoms in total. The van der Waals surface area contributed by atoms with Crippen LogP contribution in [0.4, 0.5) is 0 Å². The Bertz CT molecular complexity index is 351. The maximum atomic E-state index is 3.78. The van der Waals surface area contributed by atoms with Gasteiger partial charge in [0.15, 0.2) is 0 Å². The van der Waals surface area contributed by atoms with Gasteiger partial charge in [-0.1, -0.05) is 65.0 Å². The Labute approximate surface area is 126 Å². The summed E-state index contributed by atoms with van der Waals surface area (Å²) < 4.78 is 0. The van der Waals surface area contributed by atoms with Crippen molar-refractivity contribution in [3.8, 4) is 0 Å². The first-order valence-electron chi connectivity index (χ1n) is 8.39. The molecule has 0 radical (unpaired) electrons. The number of hydrogen-bond donors (Lipinski definition) is 1. The number of rotatable bonds is 9. The molecule has 0 saturated heterocycles. The molecule has 1 rings (SSSR count). The molecule has 0 fully saturated rings. The van der Waals surface area contributed by atoms with Crippen molar-refractivity contribution < 1.29 is 0 Å². The predicted octanol–water partition coefficient (Wildman–Crippen LogP) is 5.16. The molecule has 1 N–H and O–H groups in total. The topological polar surface area (TPSA) is 12.0 Å². The zero-order chi connectivity index (χ0) is 15.0. The molecule has 1 heteroatoms. The fourth-order valence-corrected chi connectivity index (χ4v) is 3.44. The monoisotopic (exact) mass is 275 g/mol. The van der Waals surface area contributed by atoms with E-state index in [4.69, 9.17) is 0 Å². The van der Waals surface area contributed by atoms with Crippen molar-refractivity contribution in [2.24, 2.45) is 5.92 Å². The fourth-order valence-electron chi connectivity index (χ4n) is 3.44. The summed E-state index contributed by atoms with van der Waals surface area (Å²) in [6.07, 6.45) is 4.96. The van der Waals surface area contributed by atoms with Gasteiger partial charge in [0.05, 0.1) is 0 Å². The van der Waals surface area contributed by atoms with Gasteiger partial charge in [-0.2, -0.15) is 0 Å². The molecule has 0 aromatic heterocycles. The molecule has 0 bridgehead atoms. The molecule has 0 saturated carbocycles. The summed E-state index contributed by atoms with van der Waals surface area (Å²) >= 11 is 0. The molecule has 0 amide bonds. The summed E-state index contributed by atoms with van der Waals surface area (Å²) in [6, 6.07) is 11.7. The average Bonchev–Trinajstić information content (AvgIpc) is 2.47. The van der Waals surface area contributed by atoms with Crippen LogP contribution in [-0.4, -0.2) is 12.6 Å². The Morgan fingerprint density at radius 2 is 1.55 bits per heavy atom. The van der Waals surface area contributed by atoms with E-state index in [1.807, 2.05) is 0 Å². The smallest absolute Gasteiger partial charge is 0.0164 e. The van der Waals surface area contributed by atoms with Gasteiger partial charge in [0.2, 0.25) is 0 Å². The second-order valence-electron chi connectivity index (χ2n) is 6.31. The molecule has 0 aliphatic carbocycles. The van der Waals surface area contributed by atoms with Crippen LogP contribution in [0.15, 0.2) is 30.3 Å². The molecular formula is C19H33N. The maximum absolute atomic E-state index is 3.78.